The zero-order valence-electron chi connectivity index (χ0n) is 17.8. The average molecular weight is 417 g/mol. The molecule has 3 nitrogen and oxygen atoms in total. The Morgan fingerprint density at radius 3 is 1.09 bits per heavy atom. The fraction of sp³-hybridized carbons (Fsp3) is 0.0690. The summed E-state index contributed by atoms with van der Waals surface area (Å²) >= 11 is 0. The highest BCUT2D eigenvalue weighted by atomic mass is 16.1. The van der Waals surface area contributed by atoms with Crippen LogP contribution < -0.4 is 5.69 Å². The number of imidazole rings is 1. The third-order valence-corrected chi connectivity index (χ3v) is 5.69. The summed E-state index contributed by atoms with van der Waals surface area (Å²) < 4.78 is 3.83. The van der Waals surface area contributed by atoms with Gasteiger partial charge in [0.2, 0.25) is 0 Å². The maximum absolute atomic E-state index is 13.9. The Labute approximate surface area is 187 Å². The zero-order valence-corrected chi connectivity index (χ0v) is 17.8. The van der Waals surface area contributed by atoms with E-state index in [-0.39, 0.29) is 5.69 Å². The summed E-state index contributed by atoms with van der Waals surface area (Å²) in [5, 5.41) is 0. The molecule has 0 amide bonds. The Hall–Kier alpha value is -4.11. The van der Waals surface area contributed by atoms with E-state index in [0.29, 0.717) is 13.1 Å². The van der Waals surface area contributed by atoms with Gasteiger partial charge in [-0.15, -0.1) is 0 Å². The Balaban J connectivity index is 1.79. The second kappa shape index (κ2) is 8.94. The highest BCUT2D eigenvalue weighted by Crippen LogP contribution is 2.32. The van der Waals surface area contributed by atoms with Crippen molar-refractivity contribution in [2.75, 3.05) is 0 Å². The summed E-state index contributed by atoms with van der Waals surface area (Å²) in [5.74, 6) is 0. The summed E-state index contributed by atoms with van der Waals surface area (Å²) in [6.07, 6.45) is 0. The highest BCUT2D eigenvalue weighted by Gasteiger charge is 2.22. The molecule has 0 atom stereocenters. The lowest BCUT2D eigenvalue weighted by molar-refractivity contribution is 0.689. The summed E-state index contributed by atoms with van der Waals surface area (Å²) in [4.78, 5) is 13.9. The van der Waals surface area contributed by atoms with Gasteiger partial charge in [-0.1, -0.05) is 121 Å². The van der Waals surface area contributed by atoms with Crippen LogP contribution in [-0.2, 0) is 13.1 Å². The fourth-order valence-electron chi connectivity index (χ4n) is 4.20. The molecule has 1 heterocycles. The van der Waals surface area contributed by atoms with E-state index in [1.54, 1.807) is 0 Å². The molecule has 0 bridgehead atoms. The van der Waals surface area contributed by atoms with Gasteiger partial charge in [-0.3, -0.25) is 9.13 Å². The van der Waals surface area contributed by atoms with Crippen molar-refractivity contribution in [3.05, 3.63) is 143 Å². The summed E-state index contributed by atoms with van der Waals surface area (Å²) in [6, 6.07) is 40.8. The standard InChI is InChI=1S/C29H24N2O/c32-29-30(21-23-13-5-1-6-14-23)27(25-17-9-3-10-18-25)28(26-19-11-4-12-20-26)31(29)22-24-15-7-2-8-16-24/h1-20H,21-22H2. The van der Waals surface area contributed by atoms with Gasteiger partial charge < -0.3 is 0 Å². The zero-order chi connectivity index (χ0) is 21.8. The van der Waals surface area contributed by atoms with Gasteiger partial charge in [0, 0.05) is 11.1 Å². The molecule has 32 heavy (non-hydrogen) atoms. The quantitative estimate of drug-likeness (QED) is 0.329. The molecule has 0 saturated carbocycles. The van der Waals surface area contributed by atoms with Crippen molar-refractivity contribution in [1.29, 1.82) is 0 Å². The average Bonchev–Trinajstić information content (AvgIpc) is 3.12. The van der Waals surface area contributed by atoms with E-state index in [1.165, 1.54) is 0 Å². The van der Waals surface area contributed by atoms with Crippen LogP contribution in [0.2, 0.25) is 0 Å². The predicted octanol–water partition coefficient (Wildman–Crippen LogP) is 6.08. The third-order valence-electron chi connectivity index (χ3n) is 5.69. The Morgan fingerprint density at radius 2 is 0.750 bits per heavy atom. The summed E-state index contributed by atoms with van der Waals surface area (Å²) in [7, 11) is 0. The lowest BCUT2D eigenvalue weighted by Crippen LogP contribution is -2.25. The van der Waals surface area contributed by atoms with Crippen LogP contribution in [0, 0.1) is 0 Å². The molecular weight excluding hydrogens is 392 g/mol. The topological polar surface area (TPSA) is 26.9 Å². The minimum absolute atomic E-state index is 0.00425. The molecule has 5 aromatic rings. The molecule has 0 radical (unpaired) electrons. The van der Waals surface area contributed by atoms with Gasteiger partial charge in [0.25, 0.3) is 0 Å². The third kappa shape index (κ3) is 3.93. The lowest BCUT2D eigenvalue weighted by atomic mass is 10.0. The van der Waals surface area contributed by atoms with Crippen molar-refractivity contribution in [3.63, 3.8) is 0 Å². The molecule has 0 aliphatic carbocycles. The first-order chi connectivity index (χ1) is 15.8. The van der Waals surface area contributed by atoms with Crippen LogP contribution >= 0.6 is 0 Å². The van der Waals surface area contributed by atoms with Crippen molar-refractivity contribution in [3.8, 4) is 22.5 Å². The SMILES string of the molecule is O=c1n(Cc2ccccc2)c(-c2ccccc2)c(-c2ccccc2)n1Cc1ccccc1. The van der Waals surface area contributed by atoms with Crippen molar-refractivity contribution in [2.24, 2.45) is 0 Å². The van der Waals surface area contributed by atoms with E-state index >= 15 is 0 Å². The Bertz CT molecular complexity index is 1250. The van der Waals surface area contributed by atoms with Crippen molar-refractivity contribution in [1.82, 2.24) is 9.13 Å². The van der Waals surface area contributed by atoms with E-state index in [1.807, 2.05) is 81.9 Å². The monoisotopic (exact) mass is 416 g/mol. The molecule has 4 aromatic carbocycles. The van der Waals surface area contributed by atoms with E-state index in [2.05, 4.69) is 48.5 Å². The first-order valence-corrected chi connectivity index (χ1v) is 10.8. The molecule has 0 aliphatic rings. The van der Waals surface area contributed by atoms with E-state index in [9.17, 15) is 4.79 Å². The van der Waals surface area contributed by atoms with Gasteiger partial charge in [0.05, 0.1) is 24.5 Å². The smallest absolute Gasteiger partial charge is 0.287 e. The van der Waals surface area contributed by atoms with Crippen LogP contribution in [0.4, 0.5) is 0 Å². The first-order valence-electron chi connectivity index (χ1n) is 10.8. The van der Waals surface area contributed by atoms with Crippen LogP contribution in [0.15, 0.2) is 126 Å². The number of nitrogens with zero attached hydrogens (tertiary/aromatic N) is 2. The largest absolute Gasteiger partial charge is 0.329 e. The Morgan fingerprint density at radius 1 is 0.438 bits per heavy atom. The van der Waals surface area contributed by atoms with Gasteiger partial charge in [0.15, 0.2) is 0 Å². The minimum atomic E-state index is -0.00425. The second-order valence-corrected chi connectivity index (χ2v) is 7.86. The normalized spacial score (nSPS) is 10.9. The molecule has 5 rings (SSSR count). The first kappa shape index (κ1) is 19.8. The molecule has 0 N–H and O–H groups in total. The fourth-order valence-corrected chi connectivity index (χ4v) is 4.20. The lowest BCUT2D eigenvalue weighted by Gasteiger charge is -2.12. The summed E-state index contributed by atoms with van der Waals surface area (Å²) in [6.45, 7) is 1.04. The molecular formula is C29H24N2O. The molecule has 3 heteroatoms. The maximum Gasteiger partial charge on any atom is 0.329 e. The number of aromatic nitrogens is 2. The molecule has 0 fully saturated rings. The van der Waals surface area contributed by atoms with Crippen LogP contribution in [0.25, 0.3) is 22.5 Å². The maximum atomic E-state index is 13.9. The van der Waals surface area contributed by atoms with Crippen LogP contribution in [0.5, 0.6) is 0 Å². The van der Waals surface area contributed by atoms with Crippen molar-refractivity contribution < 1.29 is 0 Å². The van der Waals surface area contributed by atoms with E-state index in [4.69, 9.17) is 0 Å². The van der Waals surface area contributed by atoms with Crippen LogP contribution in [-0.4, -0.2) is 9.13 Å². The van der Waals surface area contributed by atoms with Gasteiger partial charge >= 0.3 is 5.69 Å². The minimum Gasteiger partial charge on any atom is -0.287 e. The predicted molar refractivity (Wildman–Crippen MR) is 131 cm³/mol. The number of benzene rings is 4. The Kier molecular flexibility index (Phi) is 5.54. The molecule has 0 aliphatic heterocycles. The number of hydrogen-bond donors (Lipinski definition) is 0. The molecule has 156 valence electrons. The van der Waals surface area contributed by atoms with Crippen LogP contribution in [0.3, 0.4) is 0 Å². The van der Waals surface area contributed by atoms with Crippen LogP contribution in [0.1, 0.15) is 11.1 Å². The molecule has 0 spiro atoms. The molecule has 0 saturated heterocycles. The molecule has 0 unspecified atom stereocenters. The van der Waals surface area contributed by atoms with Gasteiger partial charge in [0.1, 0.15) is 0 Å². The van der Waals surface area contributed by atoms with Crippen molar-refractivity contribution in [2.45, 2.75) is 13.1 Å². The van der Waals surface area contributed by atoms with Gasteiger partial charge in [-0.25, -0.2) is 4.79 Å². The molecule has 1 aromatic heterocycles. The number of hydrogen-bond acceptors (Lipinski definition) is 1. The number of rotatable bonds is 6. The summed E-state index contributed by atoms with van der Waals surface area (Å²) in [5.41, 5.74) is 6.16. The highest BCUT2D eigenvalue weighted by molar-refractivity contribution is 5.79. The van der Waals surface area contributed by atoms with E-state index < -0.39 is 0 Å². The van der Waals surface area contributed by atoms with Gasteiger partial charge in [-0.2, -0.15) is 0 Å². The second-order valence-electron chi connectivity index (χ2n) is 7.86. The van der Waals surface area contributed by atoms with E-state index in [0.717, 1.165) is 33.6 Å². The van der Waals surface area contributed by atoms with Gasteiger partial charge in [-0.05, 0) is 11.1 Å². The van der Waals surface area contributed by atoms with Crippen molar-refractivity contribution >= 4 is 0 Å².